The van der Waals surface area contributed by atoms with Crippen LogP contribution in [0, 0.1) is 0 Å². The molecule has 1 fully saturated rings. The number of piperazine rings is 1. The highest BCUT2D eigenvalue weighted by atomic mass is 35.5. The normalized spacial score (nSPS) is 17.2. The van der Waals surface area contributed by atoms with Crippen LogP contribution in [0.25, 0.3) is 10.9 Å². The SMILES string of the molecule is Clc1cccc2c(CN3CCN(c4ccc5c(c4)OCO5)CC3)n[nH]c12. The molecule has 0 radical (unpaired) electrons. The average molecular weight is 371 g/mol. The number of nitrogens with one attached hydrogen (secondary N) is 1. The minimum absolute atomic E-state index is 0.314. The molecule has 0 spiro atoms. The fraction of sp³-hybridized carbons (Fsp3) is 0.316. The van der Waals surface area contributed by atoms with Crippen molar-refractivity contribution >= 4 is 28.2 Å². The van der Waals surface area contributed by atoms with E-state index in [1.54, 1.807) is 0 Å². The van der Waals surface area contributed by atoms with E-state index in [2.05, 4.69) is 38.2 Å². The molecule has 0 amide bonds. The van der Waals surface area contributed by atoms with Crippen molar-refractivity contribution in [2.75, 3.05) is 37.9 Å². The second kappa shape index (κ2) is 6.37. The van der Waals surface area contributed by atoms with Crippen LogP contribution in [-0.2, 0) is 6.54 Å². The first kappa shape index (κ1) is 15.8. The molecule has 7 heteroatoms. The molecular weight excluding hydrogens is 352 g/mol. The number of rotatable bonds is 3. The molecule has 0 unspecified atom stereocenters. The maximum atomic E-state index is 6.23. The summed E-state index contributed by atoms with van der Waals surface area (Å²) < 4.78 is 10.9. The van der Waals surface area contributed by atoms with E-state index in [1.165, 1.54) is 5.69 Å². The second-order valence-electron chi connectivity index (χ2n) is 6.63. The number of hydrogen-bond donors (Lipinski definition) is 1. The first-order valence-corrected chi connectivity index (χ1v) is 9.14. The summed E-state index contributed by atoms with van der Waals surface area (Å²) in [4.78, 5) is 4.82. The Morgan fingerprint density at radius 2 is 1.88 bits per heavy atom. The number of aromatic nitrogens is 2. The Kier molecular flexibility index (Phi) is 3.87. The van der Waals surface area contributed by atoms with Crippen molar-refractivity contribution in [2.24, 2.45) is 0 Å². The van der Waals surface area contributed by atoms with E-state index in [4.69, 9.17) is 21.1 Å². The van der Waals surface area contributed by atoms with Gasteiger partial charge in [0.1, 0.15) is 0 Å². The molecule has 5 rings (SSSR count). The van der Waals surface area contributed by atoms with Crippen LogP contribution in [0.2, 0.25) is 5.02 Å². The highest BCUT2D eigenvalue weighted by Gasteiger charge is 2.21. The quantitative estimate of drug-likeness (QED) is 0.767. The van der Waals surface area contributed by atoms with Gasteiger partial charge in [-0.3, -0.25) is 10.00 Å². The van der Waals surface area contributed by atoms with E-state index in [1.807, 2.05) is 18.2 Å². The Bertz CT molecular complexity index is 950. The van der Waals surface area contributed by atoms with Gasteiger partial charge < -0.3 is 14.4 Å². The third-order valence-corrected chi connectivity index (χ3v) is 5.41. The van der Waals surface area contributed by atoms with Crippen molar-refractivity contribution in [3.63, 3.8) is 0 Å². The second-order valence-corrected chi connectivity index (χ2v) is 7.04. The van der Waals surface area contributed by atoms with Gasteiger partial charge in [0.25, 0.3) is 0 Å². The van der Waals surface area contributed by atoms with Crippen molar-refractivity contribution in [3.05, 3.63) is 47.1 Å². The summed E-state index contributed by atoms with van der Waals surface area (Å²) >= 11 is 6.23. The zero-order chi connectivity index (χ0) is 17.5. The lowest BCUT2D eigenvalue weighted by Gasteiger charge is -2.35. The van der Waals surface area contributed by atoms with Crippen molar-refractivity contribution in [1.29, 1.82) is 0 Å². The fourth-order valence-electron chi connectivity index (χ4n) is 3.64. The Morgan fingerprint density at radius 1 is 1.04 bits per heavy atom. The van der Waals surface area contributed by atoms with Crippen molar-refractivity contribution < 1.29 is 9.47 Å². The van der Waals surface area contributed by atoms with Gasteiger partial charge in [-0.05, 0) is 18.2 Å². The summed E-state index contributed by atoms with van der Waals surface area (Å²) in [6.07, 6.45) is 0. The number of aromatic amines is 1. The summed E-state index contributed by atoms with van der Waals surface area (Å²) in [7, 11) is 0. The van der Waals surface area contributed by atoms with Gasteiger partial charge in [0.05, 0.1) is 16.2 Å². The summed E-state index contributed by atoms with van der Waals surface area (Å²) in [6, 6.07) is 12.1. The number of para-hydroxylation sites is 1. The van der Waals surface area contributed by atoms with E-state index in [9.17, 15) is 0 Å². The number of fused-ring (bicyclic) bond motifs is 2. The van der Waals surface area contributed by atoms with Crippen molar-refractivity contribution in [1.82, 2.24) is 15.1 Å². The van der Waals surface area contributed by atoms with Gasteiger partial charge in [0, 0.05) is 49.9 Å². The maximum Gasteiger partial charge on any atom is 0.231 e. The number of benzene rings is 2. The van der Waals surface area contributed by atoms with Crippen LogP contribution < -0.4 is 14.4 Å². The van der Waals surface area contributed by atoms with E-state index in [-0.39, 0.29) is 0 Å². The Balaban J connectivity index is 1.26. The minimum atomic E-state index is 0.314. The summed E-state index contributed by atoms with van der Waals surface area (Å²) in [6.45, 7) is 5.07. The third kappa shape index (κ3) is 2.75. The molecular formula is C19H19ClN4O2. The molecule has 6 nitrogen and oxygen atoms in total. The first-order chi connectivity index (χ1) is 12.8. The lowest BCUT2D eigenvalue weighted by atomic mass is 10.2. The highest BCUT2D eigenvalue weighted by molar-refractivity contribution is 6.35. The summed E-state index contributed by atoms with van der Waals surface area (Å²) in [5.41, 5.74) is 3.16. The Morgan fingerprint density at radius 3 is 2.77 bits per heavy atom. The molecule has 0 atom stereocenters. The van der Waals surface area contributed by atoms with Crippen LogP contribution >= 0.6 is 11.6 Å². The molecule has 0 bridgehead atoms. The number of ether oxygens (including phenoxy) is 2. The van der Waals surface area contributed by atoms with Gasteiger partial charge in [-0.15, -0.1) is 0 Å². The first-order valence-electron chi connectivity index (χ1n) is 8.76. The zero-order valence-corrected chi connectivity index (χ0v) is 15.0. The van der Waals surface area contributed by atoms with Crippen molar-refractivity contribution in [2.45, 2.75) is 6.54 Å². The molecule has 1 N–H and O–H groups in total. The van der Waals surface area contributed by atoms with Crippen LogP contribution in [0.4, 0.5) is 5.69 Å². The maximum absolute atomic E-state index is 6.23. The van der Waals surface area contributed by atoms with Crippen LogP contribution in [0.15, 0.2) is 36.4 Å². The Hall–Kier alpha value is -2.44. The van der Waals surface area contributed by atoms with Gasteiger partial charge in [0.2, 0.25) is 6.79 Å². The number of halogens is 1. The number of H-pyrrole nitrogens is 1. The molecule has 26 heavy (non-hydrogen) atoms. The number of nitrogens with zero attached hydrogens (tertiary/aromatic N) is 3. The van der Waals surface area contributed by atoms with Crippen LogP contribution in [0.5, 0.6) is 11.5 Å². The summed E-state index contributed by atoms with van der Waals surface area (Å²) in [5.74, 6) is 1.67. The third-order valence-electron chi connectivity index (χ3n) is 5.09. The molecule has 1 saturated heterocycles. The van der Waals surface area contributed by atoms with E-state index in [0.29, 0.717) is 11.8 Å². The Labute approximate surface area is 156 Å². The fourth-order valence-corrected chi connectivity index (χ4v) is 3.86. The van der Waals surface area contributed by atoms with Gasteiger partial charge in [0.15, 0.2) is 11.5 Å². The monoisotopic (exact) mass is 370 g/mol. The molecule has 2 aromatic carbocycles. The molecule has 0 aliphatic carbocycles. The standard InChI is InChI=1S/C19H19ClN4O2/c20-15-3-1-2-14-16(21-22-19(14)15)11-23-6-8-24(9-7-23)13-4-5-17-18(10-13)26-12-25-17/h1-5,10H,6-9,11-12H2,(H,21,22). The van der Waals surface area contributed by atoms with E-state index < -0.39 is 0 Å². The number of anilines is 1. The van der Waals surface area contributed by atoms with Gasteiger partial charge >= 0.3 is 0 Å². The highest BCUT2D eigenvalue weighted by Crippen LogP contribution is 2.35. The van der Waals surface area contributed by atoms with E-state index >= 15 is 0 Å². The van der Waals surface area contributed by atoms with Crippen molar-refractivity contribution in [3.8, 4) is 11.5 Å². The zero-order valence-electron chi connectivity index (χ0n) is 14.2. The number of hydrogen-bond acceptors (Lipinski definition) is 5. The van der Waals surface area contributed by atoms with Gasteiger partial charge in [-0.1, -0.05) is 23.7 Å². The molecule has 1 aromatic heterocycles. The topological polar surface area (TPSA) is 53.6 Å². The van der Waals surface area contributed by atoms with Gasteiger partial charge in [-0.25, -0.2) is 0 Å². The largest absolute Gasteiger partial charge is 0.454 e. The lowest BCUT2D eigenvalue weighted by Crippen LogP contribution is -2.46. The summed E-state index contributed by atoms with van der Waals surface area (Å²) in [5, 5.41) is 9.36. The smallest absolute Gasteiger partial charge is 0.231 e. The minimum Gasteiger partial charge on any atom is -0.454 e. The van der Waals surface area contributed by atoms with Gasteiger partial charge in [-0.2, -0.15) is 5.10 Å². The molecule has 3 heterocycles. The van der Waals surface area contributed by atoms with Crippen LogP contribution in [0.3, 0.4) is 0 Å². The van der Waals surface area contributed by atoms with Crippen LogP contribution in [-0.4, -0.2) is 48.1 Å². The predicted octanol–water partition coefficient (Wildman–Crippen LogP) is 3.27. The molecule has 0 saturated carbocycles. The molecule has 134 valence electrons. The van der Waals surface area contributed by atoms with Crippen LogP contribution in [0.1, 0.15) is 5.69 Å². The molecule has 2 aliphatic heterocycles. The average Bonchev–Trinajstić information content (AvgIpc) is 3.30. The molecule has 3 aromatic rings. The molecule has 2 aliphatic rings. The predicted molar refractivity (Wildman–Crippen MR) is 101 cm³/mol. The lowest BCUT2D eigenvalue weighted by molar-refractivity contribution is 0.174. The van der Waals surface area contributed by atoms with E-state index in [0.717, 1.165) is 60.8 Å².